The Bertz CT molecular complexity index is 997. The third-order valence-electron chi connectivity index (χ3n) is 5.63. The molecule has 0 aromatic carbocycles. The Labute approximate surface area is 172 Å². The molecule has 0 aliphatic carbocycles. The van der Waals surface area contributed by atoms with Gasteiger partial charge in [0.25, 0.3) is 5.56 Å². The van der Waals surface area contributed by atoms with Crippen LogP contribution in [0.3, 0.4) is 0 Å². The van der Waals surface area contributed by atoms with Crippen molar-refractivity contribution in [2.75, 3.05) is 19.7 Å². The van der Waals surface area contributed by atoms with E-state index in [1.54, 1.807) is 39.0 Å². The van der Waals surface area contributed by atoms with E-state index in [9.17, 15) is 4.79 Å². The fourth-order valence-electron chi connectivity index (χ4n) is 4.00. The molecule has 3 aromatic heterocycles. The number of hydrogen-bond donors (Lipinski definition) is 0. The number of thiazole rings is 1. The number of rotatable bonds is 5. The van der Waals surface area contributed by atoms with Crippen LogP contribution in [0.1, 0.15) is 28.4 Å². The molecule has 8 nitrogen and oxygen atoms in total. The number of ether oxygens (including phenoxy) is 1. The second kappa shape index (κ2) is 8.17. The molecule has 0 N–H and O–H groups in total. The van der Waals surface area contributed by atoms with E-state index in [1.165, 1.54) is 15.6 Å². The van der Waals surface area contributed by atoms with Crippen LogP contribution in [-0.4, -0.2) is 49.1 Å². The molecular weight excluding hydrogens is 388 g/mol. The summed E-state index contributed by atoms with van der Waals surface area (Å²) in [5.41, 5.74) is 1.17. The van der Waals surface area contributed by atoms with Crippen molar-refractivity contribution in [3.05, 3.63) is 56.5 Å². The summed E-state index contributed by atoms with van der Waals surface area (Å²) in [6, 6.07) is 5.14. The topological polar surface area (TPSA) is 78.1 Å². The minimum absolute atomic E-state index is 0.0566. The van der Waals surface area contributed by atoms with Crippen molar-refractivity contribution < 1.29 is 4.74 Å². The third-order valence-corrected chi connectivity index (χ3v) is 6.68. The summed E-state index contributed by atoms with van der Waals surface area (Å²) in [7, 11) is 0. The summed E-state index contributed by atoms with van der Waals surface area (Å²) in [4.78, 5) is 20.8. The molecule has 1 fully saturated rings. The predicted molar refractivity (Wildman–Crippen MR) is 109 cm³/mol. The van der Waals surface area contributed by atoms with E-state index in [2.05, 4.69) is 15.1 Å². The van der Waals surface area contributed by atoms with E-state index in [0.29, 0.717) is 24.9 Å². The lowest BCUT2D eigenvalue weighted by Crippen LogP contribution is -2.36. The minimum Gasteiger partial charge on any atom is -0.375 e. The van der Waals surface area contributed by atoms with Crippen LogP contribution in [0.2, 0.25) is 0 Å². The SMILES string of the molecule is O=c1ccc(-n2cccn2)nn1CC1CCN(Cc2nc3c(s2)COCC3)CC1. The standard InChI is InChI=1S/C20H24N6O2S/c27-20-3-2-18(25-8-1-7-21-25)23-26(20)12-15-4-9-24(10-5-15)13-19-22-16-6-11-28-14-17(16)29-19/h1-3,7-8,15H,4-6,9-14H2. The highest BCUT2D eigenvalue weighted by molar-refractivity contribution is 7.11. The van der Waals surface area contributed by atoms with E-state index < -0.39 is 0 Å². The van der Waals surface area contributed by atoms with Gasteiger partial charge >= 0.3 is 0 Å². The van der Waals surface area contributed by atoms with Gasteiger partial charge in [-0.15, -0.1) is 16.4 Å². The van der Waals surface area contributed by atoms with Crippen LogP contribution in [0.15, 0.2) is 35.4 Å². The number of hydrogen-bond acceptors (Lipinski definition) is 7. The highest BCUT2D eigenvalue weighted by Gasteiger charge is 2.23. The number of fused-ring (bicyclic) bond motifs is 1. The lowest BCUT2D eigenvalue weighted by atomic mass is 9.97. The molecule has 29 heavy (non-hydrogen) atoms. The third kappa shape index (κ3) is 4.17. The number of likely N-dealkylation sites (tertiary alicyclic amines) is 1. The molecule has 0 amide bonds. The van der Waals surface area contributed by atoms with Crippen LogP contribution in [0.5, 0.6) is 0 Å². The van der Waals surface area contributed by atoms with Crippen LogP contribution in [-0.2, 0) is 30.9 Å². The highest BCUT2D eigenvalue weighted by atomic mass is 32.1. The van der Waals surface area contributed by atoms with E-state index in [4.69, 9.17) is 9.72 Å². The predicted octanol–water partition coefficient (Wildman–Crippen LogP) is 1.87. The van der Waals surface area contributed by atoms with Gasteiger partial charge < -0.3 is 4.74 Å². The number of piperidine rings is 1. The maximum absolute atomic E-state index is 12.3. The molecule has 3 aromatic rings. The maximum atomic E-state index is 12.3. The van der Waals surface area contributed by atoms with Gasteiger partial charge in [-0.1, -0.05) is 0 Å². The summed E-state index contributed by atoms with van der Waals surface area (Å²) in [5.74, 6) is 1.13. The fraction of sp³-hybridized carbons (Fsp3) is 0.500. The van der Waals surface area contributed by atoms with Crippen LogP contribution in [0.25, 0.3) is 5.82 Å². The minimum atomic E-state index is -0.0566. The van der Waals surface area contributed by atoms with Crippen molar-refractivity contribution in [1.82, 2.24) is 29.4 Å². The number of nitrogens with zero attached hydrogens (tertiary/aromatic N) is 6. The second-order valence-electron chi connectivity index (χ2n) is 7.66. The monoisotopic (exact) mass is 412 g/mol. The van der Waals surface area contributed by atoms with Crippen molar-refractivity contribution in [1.29, 1.82) is 0 Å². The lowest BCUT2D eigenvalue weighted by Gasteiger charge is -2.31. The first-order valence-electron chi connectivity index (χ1n) is 10.1. The van der Waals surface area contributed by atoms with Crippen molar-refractivity contribution >= 4 is 11.3 Å². The van der Waals surface area contributed by atoms with E-state index in [0.717, 1.165) is 45.5 Å². The Balaban J connectivity index is 1.19. The smallest absolute Gasteiger partial charge is 0.266 e. The first kappa shape index (κ1) is 18.7. The van der Waals surface area contributed by atoms with E-state index in [-0.39, 0.29) is 5.56 Å². The van der Waals surface area contributed by atoms with Crippen LogP contribution in [0, 0.1) is 5.92 Å². The molecule has 2 aliphatic rings. The average Bonchev–Trinajstić information content (AvgIpc) is 3.40. The van der Waals surface area contributed by atoms with Crippen LogP contribution < -0.4 is 5.56 Å². The molecule has 152 valence electrons. The molecule has 0 bridgehead atoms. The second-order valence-corrected chi connectivity index (χ2v) is 8.83. The highest BCUT2D eigenvalue weighted by Crippen LogP contribution is 2.26. The molecule has 0 atom stereocenters. The quantitative estimate of drug-likeness (QED) is 0.637. The molecule has 9 heteroatoms. The summed E-state index contributed by atoms with van der Waals surface area (Å²) in [6.45, 7) is 5.13. The van der Waals surface area contributed by atoms with Gasteiger partial charge in [-0.25, -0.2) is 14.3 Å². The summed E-state index contributed by atoms with van der Waals surface area (Å²) in [6.07, 6.45) is 6.60. The van der Waals surface area contributed by atoms with Gasteiger partial charge in [-0.05, 0) is 44.0 Å². The Hall–Kier alpha value is -2.36. The molecule has 0 spiro atoms. The van der Waals surface area contributed by atoms with Crippen molar-refractivity contribution in [2.24, 2.45) is 5.92 Å². The van der Waals surface area contributed by atoms with Gasteiger partial charge in [-0.3, -0.25) is 9.69 Å². The first-order valence-corrected chi connectivity index (χ1v) is 10.9. The van der Waals surface area contributed by atoms with Gasteiger partial charge in [0.15, 0.2) is 5.82 Å². The molecule has 2 aliphatic heterocycles. The van der Waals surface area contributed by atoms with Gasteiger partial charge in [0.05, 0.1) is 30.3 Å². The zero-order valence-electron chi connectivity index (χ0n) is 16.2. The average molecular weight is 413 g/mol. The fourth-order valence-corrected chi connectivity index (χ4v) is 5.10. The van der Waals surface area contributed by atoms with E-state index >= 15 is 0 Å². The largest absolute Gasteiger partial charge is 0.375 e. The van der Waals surface area contributed by atoms with Gasteiger partial charge in [-0.2, -0.15) is 5.10 Å². The van der Waals surface area contributed by atoms with Crippen LogP contribution >= 0.6 is 11.3 Å². The molecule has 0 radical (unpaired) electrons. The Morgan fingerprint density at radius 1 is 1.24 bits per heavy atom. The summed E-state index contributed by atoms with van der Waals surface area (Å²) < 4.78 is 8.80. The van der Waals surface area contributed by atoms with Crippen molar-refractivity contribution in [3.8, 4) is 5.82 Å². The molecule has 0 unspecified atom stereocenters. The molecule has 0 saturated carbocycles. The first-order chi connectivity index (χ1) is 14.2. The van der Waals surface area contributed by atoms with Crippen molar-refractivity contribution in [3.63, 3.8) is 0 Å². The van der Waals surface area contributed by atoms with Gasteiger partial charge in [0.1, 0.15) is 5.01 Å². The lowest BCUT2D eigenvalue weighted by molar-refractivity contribution is 0.112. The summed E-state index contributed by atoms with van der Waals surface area (Å²) in [5, 5.41) is 9.90. The molecule has 5 heterocycles. The molecule has 5 rings (SSSR count). The Morgan fingerprint density at radius 3 is 2.93 bits per heavy atom. The number of aromatic nitrogens is 5. The van der Waals surface area contributed by atoms with E-state index in [1.807, 2.05) is 12.3 Å². The van der Waals surface area contributed by atoms with Crippen LogP contribution in [0.4, 0.5) is 0 Å². The zero-order valence-corrected chi connectivity index (χ0v) is 17.1. The molecule has 1 saturated heterocycles. The van der Waals surface area contributed by atoms with Gasteiger partial charge in [0.2, 0.25) is 0 Å². The van der Waals surface area contributed by atoms with Gasteiger partial charge in [0, 0.05) is 31.4 Å². The molecular formula is C20H24N6O2S. The zero-order chi connectivity index (χ0) is 19.6. The summed E-state index contributed by atoms with van der Waals surface area (Å²) >= 11 is 1.79. The Morgan fingerprint density at radius 2 is 2.14 bits per heavy atom. The Kier molecular flexibility index (Phi) is 5.26. The van der Waals surface area contributed by atoms with Crippen molar-refractivity contribution in [2.45, 2.75) is 39.0 Å². The normalized spacial score (nSPS) is 18.1. The maximum Gasteiger partial charge on any atom is 0.266 e.